The van der Waals surface area contributed by atoms with Crippen LogP contribution in [0.4, 0.5) is 10.7 Å². The third-order valence-corrected chi connectivity index (χ3v) is 5.97. The molecule has 6 nitrogen and oxygen atoms in total. The van der Waals surface area contributed by atoms with Gasteiger partial charge in [-0.05, 0) is 36.4 Å². The van der Waals surface area contributed by atoms with Crippen molar-refractivity contribution >= 4 is 22.0 Å². The smallest absolute Gasteiger partial charge is 0.132 e. The number of hydrogen-bond donors (Lipinski definition) is 1. The molecule has 0 bridgehead atoms. The molecule has 4 rings (SSSR count). The van der Waals surface area contributed by atoms with Crippen molar-refractivity contribution in [3.05, 3.63) is 66.7 Å². The highest BCUT2D eigenvalue weighted by Gasteiger charge is 2.20. The van der Waals surface area contributed by atoms with Gasteiger partial charge in [0, 0.05) is 23.4 Å². The minimum Gasteiger partial charge on any atom is -0.497 e. The number of methoxy groups -OCH3 is 4. The first-order valence-electron chi connectivity index (χ1n) is 9.94. The summed E-state index contributed by atoms with van der Waals surface area (Å²) in [5, 5.41) is 5.22. The largest absolute Gasteiger partial charge is 0.497 e. The maximum absolute atomic E-state index is 5.65. The van der Waals surface area contributed by atoms with Crippen LogP contribution in [0, 0.1) is 0 Å². The second-order valence-corrected chi connectivity index (χ2v) is 7.82. The molecular weight excluding hydrogens is 424 g/mol. The van der Waals surface area contributed by atoms with E-state index in [1.807, 2.05) is 66.7 Å². The van der Waals surface area contributed by atoms with E-state index in [1.165, 1.54) is 0 Å². The fraction of sp³-hybridized carbons (Fsp3) is 0.160. The average Bonchev–Trinajstić information content (AvgIpc) is 3.26. The number of nitrogens with one attached hydrogen (secondary N) is 1. The van der Waals surface area contributed by atoms with E-state index in [0.29, 0.717) is 11.5 Å². The predicted molar refractivity (Wildman–Crippen MR) is 129 cm³/mol. The van der Waals surface area contributed by atoms with Crippen LogP contribution in [0.3, 0.4) is 0 Å². The van der Waals surface area contributed by atoms with E-state index < -0.39 is 0 Å². The Labute approximate surface area is 191 Å². The van der Waals surface area contributed by atoms with Crippen LogP contribution in [0.15, 0.2) is 66.7 Å². The maximum atomic E-state index is 5.65. The molecule has 0 fully saturated rings. The van der Waals surface area contributed by atoms with E-state index in [4.69, 9.17) is 23.9 Å². The van der Waals surface area contributed by atoms with Gasteiger partial charge in [-0.1, -0.05) is 29.5 Å². The van der Waals surface area contributed by atoms with E-state index in [2.05, 4.69) is 5.32 Å². The maximum Gasteiger partial charge on any atom is 0.132 e. The van der Waals surface area contributed by atoms with Gasteiger partial charge in [-0.15, -0.1) is 0 Å². The topological polar surface area (TPSA) is 61.8 Å². The van der Waals surface area contributed by atoms with E-state index in [1.54, 1.807) is 39.8 Å². The monoisotopic (exact) mass is 448 g/mol. The molecule has 0 amide bonds. The molecule has 0 radical (unpaired) electrons. The summed E-state index contributed by atoms with van der Waals surface area (Å²) < 4.78 is 22.0. The molecule has 4 aromatic rings. The molecule has 0 unspecified atom stereocenters. The molecule has 0 aliphatic carbocycles. The third kappa shape index (κ3) is 4.33. The Morgan fingerprint density at radius 1 is 0.688 bits per heavy atom. The van der Waals surface area contributed by atoms with Crippen molar-refractivity contribution < 1.29 is 18.9 Å². The number of hydrogen-bond acceptors (Lipinski definition) is 7. The minimum absolute atomic E-state index is 0.680. The molecule has 0 spiro atoms. The molecule has 164 valence electrons. The van der Waals surface area contributed by atoms with Crippen molar-refractivity contribution in [1.29, 1.82) is 0 Å². The molecule has 1 N–H and O–H groups in total. The van der Waals surface area contributed by atoms with Gasteiger partial charge in [-0.25, -0.2) is 4.98 Å². The van der Waals surface area contributed by atoms with Crippen LogP contribution in [-0.2, 0) is 0 Å². The number of thiazole rings is 1. The predicted octanol–water partition coefficient (Wildman–Crippen LogP) is 6.26. The number of benzene rings is 3. The Hall–Kier alpha value is -3.71. The fourth-order valence-corrected chi connectivity index (χ4v) is 4.35. The summed E-state index contributed by atoms with van der Waals surface area (Å²) in [7, 11) is 6.55. The van der Waals surface area contributed by atoms with Gasteiger partial charge in [-0.2, -0.15) is 0 Å². The second-order valence-electron chi connectivity index (χ2n) is 6.82. The van der Waals surface area contributed by atoms with Crippen molar-refractivity contribution in [2.75, 3.05) is 33.8 Å². The Balaban J connectivity index is 1.87. The third-order valence-electron chi connectivity index (χ3n) is 4.96. The number of aromatic nitrogens is 1. The lowest BCUT2D eigenvalue weighted by Gasteiger charge is -2.11. The van der Waals surface area contributed by atoms with Crippen LogP contribution in [0.1, 0.15) is 0 Å². The van der Waals surface area contributed by atoms with Gasteiger partial charge in [0.1, 0.15) is 38.7 Å². The van der Waals surface area contributed by atoms with Crippen molar-refractivity contribution in [2.45, 2.75) is 0 Å². The van der Waals surface area contributed by atoms with Gasteiger partial charge in [0.15, 0.2) is 0 Å². The zero-order valence-electron chi connectivity index (χ0n) is 18.3. The van der Waals surface area contributed by atoms with Gasteiger partial charge >= 0.3 is 0 Å². The average molecular weight is 449 g/mol. The summed E-state index contributed by atoms with van der Waals surface area (Å²) in [5.74, 6) is 2.81. The molecule has 0 saturated carbocycles. The summed E-state index contributed by atoms with van der Waals surface area (Å²) in [6, 6.07) is 21.4. The molecule has 0 aliphatic heterocycles. The van der Waals surface area contributed by atoms with Crippen molar-refractivity contribution in [3.63, 3.8) is 0 Å². The van der Waals surface area contributed by atoms with Crippen molar-refractivity contribution in [1.82, 2.24) is 4.98 Å². The summed E-state index contributed by atoms with van der Waals surface area (Å²) in [6.07, 6.45) is 0. The molecule has 7 heteroatoms. The molecule has 1 aromatic heterocycles. The van der Waals surface area contributed by atoms with Gasteiger partial charge in [0.05, 0.1) is 34.0 Å². The number of rotatable bonds is 8. The zero-order valence-corrected chi connectivity index (χ0v) is 19.2. The lowest BCUT2D eigenvalue weighted by Crippen LogP contribution is -1.94. The van der Waals surface area contributed by atoms with Gasteiger partial charge in [-0.3, -0.25) is 0 Å². The van der Waals surface area contributed by atoms with Crippen LogP contribution in [0.5, 0.6) is 23.0 Å². The number of anilines is 2. The van der Waals surface area contributed by atoms with Crippen LogP contribution in [0.25, 0.3) is 21.8 Å². The molecule has 32 heavy (non-hydrogen) atoms. The van der Waals surface area contributed by atoms with E-state index >= 15 is 0 Å². The zero-order chi connectivity index (χ0) is 22.5. The molecule has 0 saturated heterocycles. The highest BCUT2D eigenvalue weighted by atomic mass is 32.1. The minimum atomic E-state index is 0.680. The summed E-state index contributed by atoms with van der Waals surface area (Å²) >= 11 is 1.54. The lowest BCUT2D eigenvalue weighted by molar-refractivity contribution is 0.395. The second kappa shape index (κ2) is 9.62. The number of ether oxygens (including phenoxy) is 4. The highest BCUT2D eigenvalue weighted by molar-refractivity contribution is 7.19. The summed E-state index contributed by atoms with van der Waals surface area (Å²) in [5.41, 5.74) is 3.50. The van der Waals surface area contributed by atoms with Gasteiger partial charge in [0.2, 0.25) is 0 Å². The van der Waals surface area contributed by atoms with Crippen LogP contribution >= 0.6 is 11.3 Å². The van der Waals surface area contributed by atoms with E-state index in [0.717, 1.165) is 44.0 Å². The molecule has 0 atom stereocenters. The number of para-hydroxylation sites is 1. The quantitative estimate of drug-likeness (QED) is 0.343. The van der Waals surface area contributed by atoms with Gasteiger partial charge in [0.25, 0.3) is 0 Å². The Morgan fingerprint density at radius 2 is 1.28 bits per heavy atom. The first kappa shape index (κ1) is 21.5. The van der Waals surface area contributed by atoms with Crippen molar-refractivity contribution in [3.8, 4) is 44.8 Å². The number of nitrogens with zero attached hydrogens (tertiary/aromatic N) is 1. The molecule has 1 heterocycles. The summed E-state index contributed by atoms with van der Waals surface area (Å²) in [4.78, 5) is 4.99. The molecule has 0 aliphatic rings. The lowest BCUT2D eigenvalue weighted by atomic mass is 10.1. The Morgan fingerprint density at radius 3 is 1.88 bits per heavy atom. The molecule has 3 aromatic carbocycles. The van der Waals surface area contributed by atoms with Crippen LogP contribution < -0.4 is 24.3 Å². The SMILES string of the molecule is COc1ccc(-c2nc(-c3ccc(OC)cc3OC)c(Nc3ccccc3)s2)c(OC)c1. The highest BCUT2D eigenvalue weighted by Crippen LogP contribution is 2.45. The van der Waals surface area contributed by atoms with Gasteiger partial charge < -0.3 is 24.3 Å². The standard InChI is InChI=1S/C25H24N2O4S/c1-28-17-10-12-19(21(14-17)30-3)23-25(26-16-8-6-5-7-9-16)32-24(27-23)20-13-11-18(29-2)15-22(20)31-4/h5-15,26H,1-4H3. The van der Waals surface area contributed by atoms with E-state index in [-0.39, 0.29) is 0 Å². The first-order chi connectivity index (χ1) is 15.7. The Kier molecular flexibility index (Phi) is 6.47. The summed E-state index contributed by atoms with van der Waals surface area (Å²) in [6.45, 7) is 0. The Bertz CT molecular complexity index is 1210. The van der Waals surface area contributed by atoms with Crippen molar-refractivity contribution in [2.24, 2.45) is 0 Å². The van der Waals surface area contributed by atoms with Crippen LogP contribution in [-0.4, -0.2) is 33.4 Å². The van der Waals surface area contributed by atoms with Crippen LogP contribution in [0.2, 0.25) is 0 Å². The first-order valence-corrected chi connectivity index (χ1v) is 10.8. The fourth-order valence-electron chi connectivity index (χ4n) is 3.32. The molecular formula is C25H24N2O4S. The normalized spacial score (nSPS) is 10.5. The van der Waals surface area contributed by atoms with E-state index in [9.17, 15) is 0 Å².